The van der Waals surface area contributed by atoms with Crippen molar-refractivity contribution in [3.63, 3.8) is 0 Å². The molecule has 0 nitrogen and oxygen atoms in total. The van der Waals surface area contributed by atoms with Crippen LogP contribution in [0.2, 0.25) is 0 Å². The fourth-order valence-corrected chi connectivity index (χ4v) is 1.27. The topological polar surface area (TPSA) is 0 Å². The lowest BCUT2D eigenvalue weighted by atomic mass is 10.0. The highest BCUT2D eigenvalue weighted by molar-refractivity contribution is 4.97. The van der Waals surface area contributed by atoms with Crippen LogP contribution in [0.4, 0.5) is 0 Å². The molecule has 0 aromatic heterocycles. The van der Waals surface area contributed by atoms with E-state index in [4.69, 9.17) is 0 Å². The second kappa shape index (κ2) is 3.71. The molecule has 0 fully saturated rings. The zero-order chi connectivity index (χ0) is 6.53. The normalized spacial score (nSPS) is 25.2. The average Bonchev–Trinajstić information content (AvgIpc) is 2.34. The summed E-state index contributed by atoms with van der Waals surface area (Å²) in [5.74, 6) is 0.880. The van der Waals surface area contributed by atoms with Crippen LogP contribution in [-0.2, 0) is 0 Å². The van der Waals surface area contributed by atoms with Crippen LogP contribution in [0.1, 0.15) is 32.6 Å². The van der Waals surface area contributed by atoms with E-state index < -0.39 is 0 Å². The number of hydrogen-bond donors (Lipinski definition) is 0. The summed E-state index contributed by atoms with van der Waals surface area (Å²) in [6.45, 7) is 2.21. The van der Waals surface area contributed by atoms with Gasteiger partial charge < -0.3 is 0 Å². The van der Waals surface area contributed by atoms with E-state index in [1.807, 2.05) is 0 Å². The SMILES string of the molecule is CC[CH]CC1C=CCC1. The largest absolute Gasteiger partial charge is 0.0882 e. The molecule has 0 saturated heterocycles. The average molecular weight is 123 g/mol. The Labute approximate surface area is 58.0 Å². The maximum absolute atomic E-state index is 2.38. The van der Waals surface area contributed by atoms with Crippen molar-refractivity contribution in [3.8, 4) is 0 Å². The Bertz CT molecular complexity index is 92.2. The molecule has 0 saturated carbocycles. The van der Waals surface area contributed by atoms with Gasteiger partial charge in [-0.1, -0.05) is 25.5 Å². The Morgan fingerprint density at radius 3 is 3.11 bits per heavy atom. The molecule has 0 bridgehead atoms. The molecular formula is C9H15. The van der Waals surface area contributed by atoms with Crippen molar-refractivity contribution in [1.29, 1.82) is 0 Å². The number of allylic oxidation sites excluding steroid dienone is 2. The first-order chi connectivity index (χ1) is 4.43. The molecule has 1 radical (unpaired) electrons. The van der Waals surface area contributed by atoms with Gasteiger partial charge in [0, 0.05) is 0 Å². The highest BCUT2D eigenvalue weighted by Gasteiger charge is 2.06. The zero-order valence-corrected chi connectivity index (χ0v) is 6.14. The predicted octanol–water partition coefficient (Wildman–Crippen LogP) is 2.96. The molecule has 1 rings (SSSR count). The van der Waals surface area contributed by atoms with Gasteiger partial charge >= 0.3 is 0 Å². The van der Waals surface area contributed by atoms with Gasteiger partial charge in [-0.05, 0) is 31.6 Å². The van der Waals surface area contributed by atoms with Gasteiger partial charge in [-0.25, -0.2) is 0 Å². The van der Waals surface area contributed by atoms with Gasteiger partial charge in [-0.2, -0.15) is 0 Å². The molecule has 0 aliphatic heterocycles. The van der Waals surface area contributed by atoms with E-state index in [-0.39, 0.29) is 0 Å². The van der Waals surface area contributed by atoms with E-state index in [0.29, 0.717) is 0 Å². The summed E-state index contributed by atoms with van der Waals surface area (Å²) in [7, 11) is 0. The van der Waals surface area contributed by atoms with Crippen LogP contribution in [0.3, 0.4) is 0 Å². The molecular weight excluding hydrogens is 108 g/mol. The summed E-state index contributed by atoms with van der Waals surface area (Å²) >= 11 is 0. The van der Waals surface area contributed by atoms with Crippen molar-refractivity contribution in [3.05, 3.63) is 18.6 Å². The minimum atomic E-state index is 0.880. The third kappa shape index (κ3) is 2.21. The Morgan fingerprint density at radius 1 is 1.67 bits per heavy atom. The smallest absolute Gasteiger partial charge is 0.0228 e. The Morgan fingerprint density at radius 2 is 2.56 bits per heavy atom. The van der Waals surface area contributed by atoms with Crippen molar-refractivity contribution in [2.24, 2.45) is 5.92 Å². The van der Waals surface area contributed by atoms with E-state index in [2.05, 4.69) is 25.5 Å². The second-order valence-corrected chi connectivity index (χ2v) is 2.70. The quantitative estimate of drug-likeness (QED) is 0.506. The summed E-state index contributed by atoms with van der Waals surface area (Å²) < 4.78 is 0. The van der Waals surface area contributed by atoms with Crippen LogP contribution in [0.15, 0.2) is 12.2 Å². The van der Waals surface area contributed by atoms with Crippen LogP contribution >= 0.6 is 0 Å². The predicted molar refractivity (Wildman–Crippen MR) is 41.1 cm³/mol. The van der Waals surface area contributed by atoms with E-state index in [1.165, 1.54) is 25.7 Å². The summed E-state index contributed by atoms with van der Waals surface area (Å²) in [5, 5.41) is 0. The van der Waals surface area contributed by atoms with Crippen molar-refractivity contribution >= 4 is 0 Å². The molecule has 0 heteroatoms. The van der Waals surface area contributed by atoms with Crippen LogP contribution < -0.4 is 0 Å². The third-order valence-corrected chi connectivity index (χ3v) is 1.87. The molecule has 1 aliphatic carbocycles. The van der Waals surface area contributed by atoms with Gasteiger partial charge in [-0.15, -0.1) is 0 Å². The number of hydrogen-bond acceptors (Lipinski definition) is 0. The maximum atomic E-state index is 2.38. The summed E-state index contributed by atoms with van der Waals surface area (Å²) in [6.07, 6.45) is 12.2. The molecule has 0 aromatic carbocycles. The fraction of sp³-hybridized carbons (Fsp3) is 0.667. The molecule has 51 valence electrons. The first kappa shape index (κ1) is 6.85. The van der Waals surface area contributed by atoms with Gasteiger partial charge in [0.2, 0.25) is 0 Å². The molecule has 0 heterocycles. The number of unbranched alkanes of at least 4 members (excludes halogenated alkanes) is 1. The Kier molecular flexibility index (Phi) is 2.82. The van der Waals surface area contributed by atoms with E-state index in [0.717, 1.165) is 5.92 Å². The zero-order valence-electron chi connectivity index (χ0n) is 6.14. The second-order valence-electron chi connectivity index (χ2n) is 2.70. The van der Waals surface area contributed by atoms with E-state index in [1.54, 1.807) is 0 Å². The summed E-state index contributed by atoms with van der Waals surface area (Å²) in [5.41, 5.74) is 0. The molecule has 9 heavy (non-hydrogen) atoms. The van der Waals surface area contributed by atoms with Gasteiger partial charge in [-0.3, -0.25) is 0 Å². The van der Waals surface area contributed by atoms with Crippen molar-refractivity contribution < 1.29 is 0 Å². The van der Waals surface area contributed by atoms with Crippen LogP contribution in [0, 0.1) is 12.3 Å². The van der Waals surface area contributed by atoms with Crippen molar-refractivity contribution in [2.45, 2.75) is 32.6 Å². The van der Waals surface area contributed by atoms with E-state index >= 15 is 0 Å². The van der Waals surface area contributed by atoms with Crippen molar-refractivity contribution in [2.75, 3.05) is 0 Å². The van der Waals surface area contributed by atoms with Crippen LogP contribution in [0.25, 0.3) is 0 Å². The molecule has 0 aromatic rings. The molecule has 1 aliphatic rings. The minimum absolute atomic E-state index is 0.880. The Hall–Kier alpha value is -0.260. The van der Waals surface area contributed by atoms with Gasteiger partial charge in [0.25, 0.3) is 0 Å². The lowest BCUT2D eigenvalue weighted by Gasteiger charge is -2.03. The molecule has 0 N–H and O–H groups in total. The summed E-state index contributed by atoms with van der Waals surface area (Å²) in [6, 6.07) is 0. The molecule has 1 unspecified atom stereocenters. The minimum Gasteiger partial charge on any atom is -0.0882 e. The highest BCUT2D eigenvalue weighted by Crippen LogP contribution is 2.21. The standard InChI is InChI=1S/C9H15/c1-2-3-6-9-7-4-5-8-9/h3-4,7,9H,2,5-6,8H2,1H3. The Balaban J connectivity index is 2.05. The van der Waals surface area contributed by atoms with Gasteiger partial charge in [0.15, 0.2) is 0 Å². The van der Waals surface area contributed by atoms with Crippen LogP contribution in [-0.4, -0.2) is 0 Å². The van der Waals surface area contributed by atoms with Crippen molar-refractivity contribution in [1.82, 2.24) is 0 Å². The van der Waals surface area contributed by atoms with Gasteiger partial charge in [0.1, 0.15) is 0 Å². The van der Waals surface area contributed by atoms with Crippen LogP contribution in [0.5, 0.6) is 0 Å². The highest BCUT2D eigenvalue weighted by atomic mass is 14.1. The molecule has 0 amide bonds. The molecule has 1 atom stereocenters. The van der Waals surface area contributed by atoms with E-state index in [9.17, 15) is 0 Å². The maximum Gasteiger partial charge on any atom is -0.0228 e. The monoisotopic (exact) mass is 123 g/mol. The fourth-order valence-electron chi connectivity index (χ4n) is 1.27. The summed E-state index contributed by atoms with van der Waals surface area (Å²) in [4.78, 5) is 0. The number of rotatable bonds is 3. The first-order valence-corrected chi connectivity index (χ1v) is 3.92. The van der Waals surface area contributed by atoms with Gasteiger partial charge in [0.05, 0.1) is 0 Å². The lowest BCUT2D eigenvalue weighted by Crippen LogP contribution is -1.90. The molecule has 0 spiro atoms. The lowest BCUT2D eigenvalue weighted by molar-refractivity contribution is 0.612. The first-order valence-electron chi connectivity index (χ1n) is 3.92. The third-order valence-electron chi connectivity index (χ3n) is 1.87.